The van der Waals surface area contributed by atoms with Gasteiger partial charge in [-0.15, -0.1) is 11.8 Å². The van der Waals surface area contributed by atoms with Crippen LogP contribution in [-0.2, 0) is 4.79 Å². The van der Waals surface area contributed by atoms with Crippen LogP contribution >= 0.6 is 11.8 Å². The standard InChI is InChI=1S/C10H20O2S/c1-5-6-13-10(4,9(11)12)7-8(2)3/h8H,5-7H2,1-4H3,(H,11,12). The minimum absolute atomic E-state index is 0.436. The largest absolute Gasteiger partial charge is 0.480 e. The number of carbonyl (C=O) groups is 1. The summed E-state index contributed by atoms with van der Waals surface area (Å²) in [5.41, 5.74) is 0. The Bertz CT molecular complexity index is 168. The molecule has 78 valence electrons. The van der Waals surface area contributed by atoms with Crippen LogP contribution in [0, 0.1) is 5.92 Å². The normalized spacial score (nSPS) is 15.8. The molecule has 0 aromatic heterocycles. The Morgan fingerprint density at radius 1 is 1.54 bits per heavy atom. The fourth-order valence-corrected chi connectivity index (χ4v) is 2.54. The molecule has 0 aliphatic rings. The van der Waals surface area contributed by atoms with E-state index in [1.165, 1.54) is 0 Å². The van der Waals surface area contributed by atoms with Crippen molar-refractivity contribution >= 4 is 17.7 Å². The van der Waals surface area contributed by atoms with Gasteiger partial charge in [0, 0.05) is 0 Å². The van der Waals surface area contributed by atoms with Crippen LogP contribution in [0.15, 0.2) is 0 Å². The third-order valence-corrected chi connectivity index (χ3v) is 3.47. The summed E-state index contributed by atoms with van der Waals surface area (Å²) < 4.78 is -0.593. The van der Waals surface area contributed by atoms with Crippen LogP contribution in [0.2, 0.25) is 0 Å². The maximum absolute atomic E-state index is 11.0. The summed E-state index contributed by atoms with van der Waals surface area (Å²) in [7, 11) is 0. The Labute approximate surface area is 85.1 Å². The first-order valence-electron chi connectivity index (χ1n) is 4.79. The average Bonchev–Trinajstić information content (AvgIpc) is 1.99. The average molecular weight is 204 g/mol. The lowest BCUT2D eigenvalue weighted by molar-refractivity contribution is -0.139. The summed E-state index contributed by atoms with van der Waals surface area (Å²) in [5, 5.41) is 9.09. The molecule has 1 atom stereocenters. The first-order chi connectivity index (χ1) is 5.92. The predicted molar refractivity (Wildman–Crippen MR) is 58.2 cm³/mol. The van der Waals surface area contributed by atoms with Gasteiger partial charge >= 0.3 is 5.97 Å². The number of hydrogen-bond acceptors (Lipinski definition) is 2. The fourth-order valence-electron chi connectivity index (χ4n) is 1.31. The molecule has 0 bridgehead atoms. The summed E-state index contributed by atoms with van der Waals surface area (Å²) in [6, 6.07) is 0. The zero-order chi connectivity index (χ0) is 10.5. The molecule has 0 fully saturated rings. The number of carboxylic acids is 1. The Kier molecular flexibility index (Phi) is 5.45. The Balaban J connectivity index is 4.25. The number of hydrogen-bond donors (Lipinski definition) is 1. The Morgan fingerprint density at radius 3 is 2.38 bits per heavy atom. The van der Waals surface area contributed by atoms with Gasteiger partial charge in [0.05, 0.1) is 0 Å². The van der Waals surface area contributed by atoms with Gasteiger partial charge < -0.3 is 5.11 Å². The SMILES string of the molecule is CCCSC(C)(CC(C)C)C(=O)O. The van der Waals surface area contributed by atoms with Gasteiger partial charge in [0.1, 0.15) is 4.75 Å². The van der Waals surface area contributed by atoms with E-state index in [1.807, 2.05) is 6.92 Å². The topological polar surface area (TPSA) is 37.3 Å². The minimum atomic E-state index is -0.681. The van der Waals surface area contributed by atoms with E-state index in [-0.39, 0.29) is 0 Å². The molecule has 2 nitrogen and oxygen atoms in total. The highest BCUT2D eigenvalue weighted by atomic mass is 32.2. The zero-order valence-corrected chi connectivity index (χ0v) is 9.78. The van der Waals surface area contributed by atoms with E-state index in [0.29, 0.717) is 5.92 Å². The number of carboxylic acid groups (broad SMARTS) is 1. The maximum Gasteiger partial charge on any atom is 0.319 e. The monoisotopic (exact) mass is 204 g/mol. The number of thioether (sulfide) groups is 1. The second-order valence-corrected chi connectivity index (χ2v) is 5.58. The van der Waals surface area contributed by atoms with Crippen molar-refractivity contribution < 1.29 is 9.90 Å². The highest BCUT2D eigenvalue weighted by Crippen LogP contribution is 2.32. The zero-order valence-electron chi connectivity index (χ0n) is 8.96. The first kappa shape index (κ1) is 12.8. The molecule has 0 spiro atoms. The van der Waals surface area contributed by atoms with Crippen molar-refractivity contribution in [2.75, 3.05) is 5.75 Å². The van der Waals surface area contributed by atoms with Gasteiger partial charge in [-0.3, -0.25) is 4.79 Å². The molecule has 0 amide bonds. The van der Waals surface area contributed by atoms with Crippen LogP contribution in [0.5, 0.6) is 0 Å². The molecular weight excluding hydrogens is 184 g/mol. The molecule has 3 heteroatoms. The van der Waals surface area contributed by atoms with Gasteiger partial charge in [0.25, 0.3) is 0 Å². The molecule has 0 aromatic rings. The molecule has 0 aromatic carbocycles. The lowest BCUT2D eigenvalue weighted by Crippen LogP contribution is -2.33. The second kappa shape index (κ2) is 5.53. The van der Waals surface area contributed by atoms with Crippen molar-refractivity contribution in [3.8, 4) is 0 Å². The van der Waals surface area contributed by atoms with Crippen molar-refractivity contribution in [1.29, 1.82) is 0 Å². The van der Waals surface area contributed by atoms with Crippen molar-refractivity contribution in [1.82, 2.24) is 0 Å². The third kappa shape index (κ3) is 4.55. The molecule has 0 aliphatic carbocycles. The van der Waals surface area contributed by atoms with Crippen LogP contribution in [0.4, 0.5) is 0 Å². The van der Waals surface area contributed by atoms with Crippen molar-refractivity contribution in [2.45, 2.75) is 45.3 Å². The molecule has 0 aliphatic heterocycles. The molecule has 0 saturated heterocycles. The van der Waals surface area contributed by atoms with E-state index in [2.05, 4.69) is 20.8 Å². The molecule has 13 heavy (non-hydrogen) atoms. The van der Waals surface area contributed by atoms with Crippen LogP contribution in [0.3, 0.4) is 0 Å². The predicted octanol–water partition coefficient (Wildman–Crippen LogP) is 3.02. The van der Waals surface area contributed by atoms with Crippen molar-refractivity contribution in [3.05, 3.63) is 0 Å². The van der Waals surface area contributed by atoms with Crippen LogP contribution in [-0.4, -0.2) is 21.6 Å². The molecule has 0 rings (SSSR count). The molecule has 0 radical (unpaired) electrons. The quantitative estimate of drug-likeness (QED) is 0.722. The lowest BCUT2D eigenvalue weighted by atomic mass is 9.98. The van der Waals surface area contributed by atoms with E-state index in [9.17, 15) is 4.79 Å². The number of aliphatic carboxylic acids is 1. The van der Waals surface area contributed by atoms with Crippen LogP contribution in [0.25, 0.3) is 0 Å². The minimum Gasteiger partial charge on any atom is -0.480 e. The fraction of sp³-hybridized carbons (Fsp3) is 0.900. The highest BCUT2D eigenvalue weighted by molar-refractivity contribution is 8.01. The van der Waals surface area contributed by atoms with Gasteiger partial charge in [0.15, 0.2) is 0 Å². The Morgan fingerprint density at radius 2 is 2.08 bits per heavy atom. The van der Waals surface area contributed by atoms with E-state index < -0.39 is 10.7 Å². The van der Waals surface area contributed by atoms with Gasteiger partial charge in [-0.1, -0.05) is 20.8 Å². The summed E-state index contributed by atoms with van der Waals surface area (Å²) in [6.07, 6.45) is 1.78. The highest BCUT2D eigenvalue weighted by Gasteiger charge is 2.33. The Hall–Kier alpha value is -0.180. The lowest BCUT2D eigenvalue weighted by Gasteiger charge is -2.25. The van der Waals surface area contributed by atoms with Gasteiger partial charge in [-0.25, -0.2) is 0 Å². The van der Waals surface area contributed by atoms with Crippen molar-refractivity contribution in [2.24, 2.45) is 5.92 Å². The third-order valence-electron chi connectivity index (χ3n) is 1.87. The van der Waals surface area contributed by atoms with Gasteiger partial charge in [-0.2, -0.15) is 0 Å². The summed E-state index contributed by atoms with van der Waals surface area (Å²) in [4.78, 5) is 11.0. The van der Waals surface area contributed by atoms with E-state index >= 15 is 0 Å². The molecule has 1 unspecified atom stereocenters. The van der Waals surface area contributed by atoms with Crippen molar-refractivity contribution in [3.63, 3.8) is 0 Å². The summed E-state index contributed by atoms with van der Waals surface area (Å²) in [5.74, 6) is 0.681. The van der Waals surface area contributed by atoms with Gasteiger partial charge in [0.2, 0.25) is 0 Å². The van der Waals surface area contributed by atoms with E-state index in [0.717, 1.165) is 18.6 Å². The molecular formula is C10H20O2S. The molecule has 0 heterocycles. The number of rotatable bonds is 6. The van der Waals surface area contributed by atoms with Gasteiger partial charge in [-0.05, 0) is 31.4 Å². The van der Waals surface area contributed by atoms with E-state index in [1.54, 1.807) is 11.8 Å². The van der Waals surface area contributed by atoms with Crippen LogP contribution < -0.4 is 0 Å². The van der Waals surface area contributed by atoms with E-state index in [4.69, 9.17) is 5.11 Å². The molecule has 0 saturated carbocycles. The summed E-state index contributed by atoms with van der Waals surface area (Å²) >= 11 is 1.56. The smallest absolute Gasteiger partial charge is 0.319 e. The first-order valence-corrected chi connectivity index (χ1v) is 5.78. The molecule has 1 N–H and O–H groups in total. The summed E-state index contributed by atoms with van der Waals surface area (Å²) in [6.45, 7) is 8.03. The maximum atomic E-state index is 11.0. The second-order valence-electron chi connectivity index (χ2n) is 3.98. The van der Waals surface area contributed by atoms with Crippen LogP contribution in [0.1, 0.15) is 40.5 Å².